The molecule has 0 aliphatic rings. The average molecular weight is 571 g/mol. The lowest BCUT2D eigenvalue weighted by atomic mass is 9.97. The first-order valence-corrected chi connectivity index (χ1v) is 15.0. The number of rotatable bonds is 6. The summed E-state index contributed by atoms with van der Waals surface area (Å²) in [5, 5.41) is 0. The number of hydrogen-bond donors (Lipinski definition) is 0. The summed E-state index contributed by atoms with van der Waals surface area (Å²) in [5.74, 6) is 0.0471. The van der Waals surface area contributed by atoms with Crippen LogP contribution in [0.3, 0.4) is 0 Å². The third-order valence-electron chi connectivity index (χ3n) is 7.69. The van der Waals surface area contributed by atoms with Crippen LogP contribution in [0.5, 0.6) is 0 Å². The van der Waals surface area contributed by atoms with Gasteiger partial charge in [-0.3, -0.25) is 4.79 Å². The molecule has 0 spiro atoms. The molecule has 0 amide bonds. The summed E-state index contributed by atoms with van der Waals surface area (Å²) in [5.41, 5.74) is 13.5. The molecule has 0 atom stereocenters. The van der Waals surface area contributed by atoms with Crippen LogP contribution in [0.4, 0.5) is 0 Å². The predicted molar refractivity (Wildman–Crippen MR) is 188 cm³/mol. The van der Waals surface area contributed by atoms with Crippen LogP contribution in [-0.2, 0) is 0 Å². The molecular weight excluding hydrogens is 532 g/mol. The van der Waals surface area contributed by atoms with Crippen LogP contribution in [-0.4, -0.2) is 5.78 Å². The van der Waals surface area contributed by atoms with Crippen LogP contribution in [0.25, 0.3) is 34.4 Å². The van der Waals surface area contributed by atoms with E-state index in [2.05, 4.69) is 137 Å². The summed E-state index contributed by atoms with van der Waals surface area (Å²) >= 11 is 0. The molecule has 6 aromatic rings. The van der Waals surface area contributed by atoms with E-state index < -0.39 is 0 Å². The molecule has 0 saturated carbocycles. The Hall–Kier alpha value is -5.27. The van der Waals surface area contributed by atoms with E-state index in [0.29, 0.717) is 11.1 Å². The van der Waals surface area contributed by atoms with Gasteiger partial charge in [0.15, 0.2) is 5.78 Å². The van der Waals surface area contributed by atoms with Crippen molar-refractivity contribution in [2.24, 2.45) is 0 Å². The first kappa shape index (κ1) is 30.2. The van der Waals surface area contributed by atoms with Crippen molar-refractivity contribution < 1.29 is 4.79 Å². The van der Waals surface area contributed by atoms with Crippen molar-refractivity contribution in [1.82, 2.24) is 0 Å². The molecule has 0 unspecified atom stereocenters. The van der Waals surface area contributed by atoms with Crippen molar-refractivity contribution in [3.8, 4) is 22.3 Å². The summed E-state index contributed by atoms with van der Waals surface area (Å²) in [7, 11) is 0. The zero-order valence-corrected chi connectivity index (χ0v) is 25.9. The fourth-order valence-corrected chi connectivity index (χ4v) is 4.83. The Bertz CT molecular complexity index is 1680. The lowest BCUT2D eigenvalue weighted by Crippen LogP contribution is -2.00. The van der Waals surface area contributed by atoms with Gasteiger partial charge in [0.1, 0.15) is 0 Å². The second-order valence-corrected chi connectivity index (χ2v) is 11.4. The third kappa shape index (κ3) is 8.18. The molecule has 0 aliphatic carbocycles. The highest BCUT2D eigenvalue weighted by Gasteiger charge is 2.10. The number of carbonyl (C=O) groups excluding carboxylic acids is 1. The standard InChI is InChI=1S/C27H22O.C16H16/c1-19-3-7-21(8-4-19)23-11-15-25(16-12-23)27(28)26-17-13-24(14-18-26)22-9-5-20(2)6-10-22;1-13-3-7-15(8-4-13)11-12-16-9-5-14(2)6-10-16/h3-18H,1-2H3;3-12H,1-2H3/b;12-11+. The Balaban J connectivity index is 0.000000204. The van der Waals surface area contributed by atoms with Gasteiger partial charge in [0.25, 0.3) is 0 Å². The molecule has 1 heteroatoms. The Labute approximate surface area is 262 Å². The summed E-state index contributed by atoms with van der Waals surface area (Å²) in [4.78, 5) is 12.8. The zero-order chi connectivity index (χ0) is 30.9. The molecule has 0 N–H and O–H groups in total. The highest BCUT2D eigenvalue weighted by molar-refractivity contribution is 6.09. The second kappa shape index (κ2) is 14.3. The van der Waals surface area contributed by atoms with Crippen LogP contribution >= 0.6 is 0 Å². The van der Waals surface area contributed by atoms with Crippen molar-refractivity contribution in [1.29, 1.82) is 0 Å². The highest BCUT2D eigenvalue weighted by Crippen LogP contribution is 2.24. The van der Waals surface area contributed by atoms with E-state index in [1.54, 1.807) is 0 Å². The van der Waals surface area contributed by atoms with Gasteiger partial charge in [-0.2, -0.15) is 0 Å². The molecule has 216 valence electrons. The van der Waals surface area contributed by atoms with Crippen molar-refractivity contribution >= 4 is 17.9 Å². The summed E-state index contributed by atoms with van der Waals surface area (Å²) in [6.07, 6.45) is 4.29. The largest absolute Gasteiger partial charge is 0.289 e. The molecule has 6 rings (SSSR count). The van der Waals surface area contributed by atoms with Gasteiger partial charge in [0.05, 0.1) is 0 Å². The van der Waals surface area contributed by atoms with Crippen LogP contribution in [0, 0.1) is 27.7 Å². The number of aryl methyl sites for hydroxylation is 4. The van der Waals surface area contributed by atoms with Gasteiger partial charge in [-0.05, 0) is 61.1 Å². The summed E-state index contributed by atoms with van der Waals surface area (Å²) in [6.45, 7) is 8.37. The fraction of sp³-hybridized carbons (Fsp3) is 0.0930. The number of benzene rings is 6. The molecule has 0 radical (unpaired) electrons. The SMILES string of the molecule is Cc1ccc(-c2ccc(C(=O)c3ccc(-c4ccc(C)cc4)cc3)cc2)cc1.Cc1ccc(/C=C/c2ccc(C)cc2)cc1. The van der Waals surface area contributed by atoms with E-state index in [9.17, 15) is 4.79 Å². The van der Waals surface area contributed by atoms with Gasteiger partial charge >= 0.3 is 0 Å². The smallest absolute Gasteiger partial charge is 0.193 e. The number of carbonyl (C=O) groups is 1. The van der Waals surface area contributed by atoms with Crippen LogP contribution < -0.4 is 0 Å². The van der Waals surface area contributed by atoms with Crippen LogP contribution in [0.15, 0.2) is 146 Å². The first-order chi connectivity index (χ1) is 21.3. The Kier molecular flexibility index (Phi) is 9.79. The van der Waals surface area contributed by atoms with Crippen molar-refractivity contribution in [2.75, 3.05) is 0 Å². The van der Waals surface area contributed by atoms with E-state index in [1.165, 1.54) is 33.4 Å². The molecule has 0 aromatic heterocycles. The minimum Gasteiger partial charge on any atom is -0.289 e. The normalized spacial score (nSPS) is 10.7. The zero-order valence-electron chi connectivity index (χ0n) is 25.9. The summed E-state index contributed by atoms with van der Waals surface area (Å²) < 4.78 is 0. The molecule has 0 bridgehead atoms. The quantitative estimate of drug-likeness (QED) is 0.144. The van der Waals surface area contributed by atoms with E-state index >= 15 is 0 Å². The van der Waals surface area contributed by atoms with E-state index in [0.717, 1.165) is 22.3 Å². The average Bonchev–Trinajstić information content (AvgIpc) is 3.06. The van der Waals surface area contributed by atoms with Crippen LogP contribution in [0.2, 0.25) is 0 Å². The van der Waals surface area contributed by atoms with Gasteiger partial charge in [-0.25, -0.2) is 0 Å². The Morgan fingerprint density at radius 1 is 0.341 bits per heavy atom. The van der Waals surface area contributed by atoms with Crippen molar-refractivity contribution in [3.05, 3.63) is 190 Å². The molecule has 0 heterocycles. The van der Waals surface area contributed by atoms with Crippen molar-refractivity contribution in [3.63, 3.8) is 0 Å². The minimum atomic E-state index is 0.0471. The lowest BCUT2D eigenvalue weighted by molar-refractivity contribution is 0.103. The first-order valence-electron chi connectivity index (χ1n) is 15.0. The highest BCUT2D eigenvalue weighted by atomic mass is 16.1. The lowest BCUT2D eigenvalue weighted by Gasteiger charge is -2.07. The molecule has 44 heavy (non-hydrogen) atoms. The number of ketones is 1. The van der Waals surface area contributed by atoms with Gasteiger partial charge in [0.2, 0.25) is 0 Å². The van der Waals surface area contributed by atoms with E-state index in [1.807, 2.05) is 48.5 Å². The number of hydrogen-bond acceptors (Lipinski definition) is 1. The molecule has 0 aliphatic heterocycles. The third-order valence-corrected chi connectivity index (χ3v) is 7.69. The topological polar surface area (TPSA) is 17.1 Å². The maximum atomic E-state index is 12.8. The van der Waals surface area contributed by atoms with Gasteiger partial charge in [0, 0.05) is 11.1 Å². The molecule has 1 nitrogen and oxygen atoms in total. The predicted octanol–water partition coefficient (Wildman–Crippen LogP) is 11.3. The Morgan fingerprint density at radius 2 is 0.568 bits per heavy atom. The maximum Gasteiger partial charge on any atom is 0.193 e. The van der Waals surface area contributed by atoms with E-state index in [4.69, 9.17) is 0 Å². The fourth-order valence-electron chi connectivity index (χ4n) is 4.83. The minimum absolute atomic E-state index is 0.0471. The molecule has 0 saturated heterocycles. The van der Waals surface area contributed by atoms with Gasteiger partial charge in [-0.15, -0.1) is 0 Å². The van der Waals surface area contributed by atoms with Gasteiger partial charge < -0.3 is 0 Å². The Morgan fingerprint density at radius 3 is 0.841 bits per heavy atom. The maximum absolute atomic E-state index is 12.8. The molecular formula is C43H38O. The van der Waals surface area contributed by atoms with Gasteiger partial charge in [-0.1, -0.05) is 180 Å². The molecule has 6 aromatic carbocycles. The monoisotopic (exact) mass is 570 g/mol. The second-order valence-electron chi connectivity index (χ2n) is 11.4. The summed E-state index contributed by atoms with van der Waals surface area (Å²) in [6, 6.07) is 49.6. The van der Waals surface area contributed by atoms with E-state index in [-0.39, 0.29) is 5.78 Å². The van der Waals surface area contributed by atoms with Crippen molar-refractivity contribution in [2.45, 2.75) is 27.7 Å². The molecule has 0 fully saturated rings. The van der Waals surface area contributed by atoms with Crippen LogP contribution in [0.1, 0.15) is 49.3 Å².